The van der Waals surface area contributed by atoms with Gasteiger partial charge in [-0.3, -0.25) is 0 Å². The standard InChI is InChI=1S/C14H17N3O4S/c1-10(12-2-4-13(5-3-12)22(15,19)20)17-14(18)16-8-11-6-7-21-9-11/h2-7,9-10H,8H2,1H3,(H2,15,19,20)(H2,16,17,18). The normalized spacial score (nSPS) is 12.6. The molecule has 22 heavy (non-hydrogen) atoms. The maximum absolute atomic E-state index is 11.8. The van der Waals surface area contributed by atoms with Gasteiger partial charge in [-0.15, -0.1) is 0 Å². The Bertz CT molecular complexity index is 724. The molecule has 2 aromatic rings. The molecule has 0 bridgehead atoms. The van der Waals surface area contributed by atoms with Crippen molar-refractivity contribution in [3.8, 4) is 0 Å². The zero-order valence-corrected chi connectivity index (χ0v) is 12.8. The smallest absolute Gasteiger partial charge is 0.315 e. The van der Waals surface area contributed by atoms with Gasteiger partial charge >= 0.3 is 6.03 Å². The number of benzene rings is 1. The molecular weight excluding hydrogens is 306 g/mol. The average Bonchev–Trinajstić information content (AvgIpc) is 2.97. The van der Waals surface area contributed by atoms with Gasteiger partial charge in [0.1, 0.15) is 0 Å². The highest BCUT2D eigenvalue weighted by molar-refractivity contribution is 7.89. The largest absolute Gasteiger partial charge is 0.472 e. The van der Waals surface area contributed by atoms with E-state index in [-0.39, 0.29) is 17.0 Å². The van der Waals surface area contributed by atoms with E-state index in [2.05, 4.69) is 10.6 Å². The number of hydrogen-bond donors (Lipinski definition) is 3. The molecule has 0 aliphatic rings. The van der Waals surface area contributed by atoms with Crippen LogP contribution in [0.2, 0.25) is 0 Å². The molecule has 2 amide bonds. The summed E-state index contributed by atoms with van der Waals surface area (Å²) in [5.41, 5.74) is 1.63. The number of nitrogens with two attached hydrogens (primary N) is 1. The van der Waals surface area contributed by atoms with E-state index in [4.69, 9.17) is 9.56 Å². The predicted molar refractivity (Wildman–Crippen MR) is 80.3 cm³/mol. The lowest BCUT2D eigenvalue weighted by molar-refractivity contribution is 0.237. The second-order valence-electron chi connectivity index (χ2n) is 4.79. The van der Waals surface area contributed by atoms with Gasteiger partial charge in [-0.1, -0.05) is 12.1 Å². The third-order valence-corrected chi connectivity index (χ3v) is 4.02. The second-order valence-corrected chi connectivity index (χ2v) is 6.36. The van der Waals surface area contributed by atoms with Crippen LogP contribution in [0.15, 0.2) is 52.2 Å². The number of hydrogen-bond acceptors (Lipinski definition) is 4. The number of carbonyl (C=O) groups excluding carboxylic acids is 1. The van der Waals surface area contributed by atoms with E-state index in [1.54, 1.807) is 31.4 Å². The van der Waals surface area contributed by atoms with Crippen molar-refractivity contribution in [2.75, 3.05) is 0 Å². The fourth-order valence-corrected chi connectivity index (χ4v) is 2.37. The molecule has 0 spiro atoms. The van der Waals surface area contributed by atoms with E-state index < -0.39 is 10.0 Å². The first-order chi connectivity index (χ1) is 10.4. The fourth-order valence-electron chi connectivity index (χ4n) is 1.85. The Balaban J connectivity index is 1.91. The Hall–Kier alpha value is -2.32. The SMILES string of the molecule is CC(NC(=O)NCc1ccoc1)c1ccc(S(N)(=O)=O)cc1. The van der Waals surface area contributed by atoms with E-state index in [9.17, 15) is 13.2 Å². The number of carbonyl (C=O) groups is 1. The van der Waals surface area contributed by atoms with Gasteiger partial charge in [-0.05, 0) is 30.7 Å². The zero-order chi connectivity index (χ0) is 16.2. The topological polar surface area (TPSA) is 114 Å². The van der Waals surface area contributed by atoms with Crippen LogP contribution in [-0.4, -0.2) is 14.4 Å². The molecule has 1 aromatic heterocycles. The molecule has 0 aliphatic carbocycles. The van der Waals surface area contributed by atoms with Gasteiger partial charge in [0.15, 0.2) is 0 Å². The van der Waals surface area contributed by atoms with Crippen LogP contribution < -0.4 is 15.8 Å². The highest BCUT2D eigenvalue weighted by Gasteiger charge is 2.12. The van der Waals surface area contributed by atoms with E-state index in [0.717, 1.165) is 11.1 Å². The minimum atomic E-state index is -3.71. The third kappa shape index (κ3) is 4.34. The van der Waals surface area contributed by atoms with Gasteiger partial charge in [0, 0.05) is 12.1 Å². The summed E-state index contributed by atoms with van der Waals surface area (Å²) in [6.07, 6.45) is 3.08. The molecule has 118 valence electrons. The van der Waals surface area contributed by atoms with Gasteiger partial charge in [0.2, 0.25) is 10.0 Å². The summed E-state index contributed by atoms with van der Waals surface area (Å²) in [4.78, 5) is 11.8. The number of rotatable bonds is 5. The molecule has 1 aromatic carbocycles. The average molecular weight is 323 g/mol. The van der Waals surface area contributed by atoms with Crippen LogP contribution >= 0.6 is 0 Å². The lowest BCUT2D eigenvalue weighted by Gasteiger charge is -2.15. The predicted octanol–water partition coefficient (Wildman–Crippen LogP) is 1.49. The van der Waals surface area contributed by atoms with Gasteiger partial charge < -0.3 is 15.1 Å². The minimum absolute atomic E-state index is 0.0351. The van der Waals surface area contributed by atoms with Crippen LogP contribution in [-0.2, 0) is 16.6 Å². The Morgan fingerprint density at radius 2 is 1.95 bits per heavy atom. The maximum atomic E-state index is 11.8. The monoisotopic (exact) mass is 323 g/mol. The maximum Gasteiger partial charge on any atom is 0.315 e. The summed E-state index contributed by atoms with van der Waals surface area (Å²) < 4.78 is 27.3. The number of primary sulfonamides is 1. The fraction of sp³-hybridized carbons (Fsp3) is 0.214. The van der Waals surface area contributed by atoms with Crippen LogP contribution in [0.1, 0.15) is 24.1 Å². The summed E-state index contributed by atoms with van der Waals surface area (Å²) in [5.74, 6) is 0. The molecule has 0 saturated heterocycles. The van der Waals surface area contributed by atoms with E-state index in [0.29, 0.717) is 6.54 Å². The lowest BCUT2D eigenvalue weighted by Crippen LogP contribution is -2.36. The number of nitrogens with one attached hydrogen (secondary N) is 2. The quantitative estimate of drug-likeness (QED) is 0.773. The molecule has 4 N–H and O–H groups in total. The molecule has 1 atom stereocenters. The van der Waals surface area contributed by atoms with Crippen molar-refractivity contribution in [1.82, 2.24) is 10.6 Å². The molecule has 2 rings (SSSR count). The van der Waals surface area contributed by atoms with E-state index in [1.165, 1.54) is 18.4 Å². The zero-order valence-electron chi connectivity index (χ0n) is 11.9. The Kier molecular flexibility index (Phi) is 4.84. The number of furan rings is 1. The van der Waals surface area contributed by atoms with Crippen molar-refractivity contribution in [2.45, 2.75) is 24.4 Å². The van der Waals surface area contributed by atoms with Crippen molar-refractivity contribution in [3.63, 3.8) is 0 Å². The summed E-state index contributed by atoms with van der Waals surface area (Å²) >= 11 is 0. The van der Waals surface area contributed by atoms with Crippen molar-refractivity contribution < 1.29 is 17.6 Å². The molecule has 1 heterocycles. The highest BCUT2D eigenvalue weighted by atomic mass is 32.2. The van der Waals surface area contributed by atoms with Gasteiger partial charge in [0.25, 0.3) is 0 Å². The molecule has 0 saturated carbocycles. The minimum Gasteiger partial charge on any atom is -0.472 e. The molecule has 0 fully saturated rings. The molecular formula is C14H17N3O4S. The summed E-state index contributed by atoms with van der Waals surface area (Å²) in [5, 5.41) is 10.5. The summed E-state index contributed by atoms with van der Waals surface area (Å²) in [6.45, 7) is 2.16. The van der Waals surface area contributed by atoms with Crippen LogP contribution in [0.25, 0.3) is 0 Å². The lowest BCUT2D eigenvalue weighted by atomic mass is 10.1. The number of amides is 2. The van der Waals surface area contributed by atoms with Crippen LogP contribution in [0.3, 0.4) is 0 Å². The Morgan fingerprint density at radius 1 is 1.27 bits per heavy atom. The van der Waals surface area contributed by atoms with E-state index >= 15 is 0 Å². The second kappa shape index (κ2) is 6.63. The summed E-state index contributed by atoms with van der Waals surface area (Å²) in [6, 6.07) is 7.19. The first-order valence-corrected chi connectivity index (χ1v) is 8.09. The van der Waals surface area contributed by atoms with Crippen LogP contribution in [0.5, 0.6) is 0 Å². The van der Waals surface area contributed by atoms with Gasteiger partial charge in [0.05, 0.1) is 23.5 Å². The van der Waals surface area contributed by atoms with Crippen LogP contribution in [0, 0.1) is 0 Å². The summed E-state index contributed by atoms with van der Waals surface area (Å²) in [7, 11) is -3.71. The molecule has 0 radical (unpaired) electrons. The van der Waals surface area contributed by atoms with Gasteiger partial charge in [-0.25, -0.2) is 18.4 Å². The van der Waals surface area contributed by atoms with Crippen LogP contribution in [0.4, 0.5) is 4.79 Å². The molecule has 7 nitrogen and oxygen atoms in total. The Labute approximate surface area is 128 Å². The number of sulfonamides is 1. The van der Waals surface area contributed by atoms with E-state index in [1.807, 2.05) is 0 Å². The van der Waals surface area contributed by atoms with Gasteiger partial charge in [-0.2, -0.15) is 0 Å². The van der Waals surface area contributed by atoms with Crippen molar-refractivity contribution in [1.29, 1.82) is 0 Å². The first-order valence-electron chi connectivity index (χ1n) is 6.54. The first kappa shape index (κ1) is 16.1. The molecule has 8 heteroatoms. The van der Waals surface area contributed by atoms with Crippen molar-refractivity contribution >= 4 is 16.1 Å². The van der Waals surface area contributed by atoms with Crippen molar-refractivity contribution in [3.05, 3.63) is 54.0 Å². The van der Waals surface area contributed by atoms with Crippen molar-refractivity contribution in [2.24, 2.45) is 5.14 Å². The third-order valence-electron chi connectivity index (χ3n) is 3.09. The number of urea groups is 1. The Morgan fingerprint density at radius 3 is 2.50 bits per heavy atom. The highest BCUT2D eigenvalue weighted by Crippen LogP contribution is 2.15. The molecule has 1 unspecified atom stereocenters. The molecule has 0 aliphatic heterocycles.